The van der Waals surface area contributed by atoms with Crippen molar-refractivity contribution in [3.05, 3.63) is 65.7 Å². The Labute approximate surface area is 202 Å². The number of carbonyl (C=O) groups excluding carboxylic acids is 1. The fraction of sp³-hybridized carbons (Fsp3) is 0.462. The van der Waals surface area contributed by atoms with Crippen LogP contribution >= 0.6 is 0 Å². The summed E-state index contributed by atoms with van der Waals surface area (Å²) in [6.45, 7) is 5.64. The van der Waals surface area contributed by atoms with Gasteiger partial charge in [0.1, 0.15) is 11.9 Å². The van der Waals surface area contributed by atoms with Gasteiger partial charge in [-0.05, 0) is 49.4 Å². The fourth-order valence-electron chi connectivity index (χ4n) is 4.70. The number of aliphatic imine (C=N–C) groups is 1. The molecule has 2 N–H and O–H groups in total. The van der Waals surface area contributed by atoms with Crippen LogP contribution in [-0.2, 0) is 21.4 Å². The summed E-state index contributed by atoms with van der Waals surface area (Å²) >= 11 is 0. The van der Waals surface area contributed by atoms with Gasteiger partial charge in [0.25, 0.3) is 10.0 Å². The summed E-state index contributed by atoms with van der Waals surface area (Å²) in [5, 5.41) is 3.11. The number of sulfonamides is 1. The van der Waals surface area contributed by atoms with Crippen LogP contribution in [0.2, 0.25) is 0 Å². The molecule has 2 heterocycles. The predicted molar refractivity (Wildman–Crippen MR) is 134 cm³/mol. The summed E-state index contributed by atoms with van der Waals surface area (Å²) in [5.74, 6) is 0.523. The molecule has 2 aliphatic rings. The maximum absolute atomic E-state index is 13.1. The van der Waals surface area contributed by atoms with Crippen LogP contribution in [0.15, 0.2) is 64.5 Å². The summed E-state index contributed by atoms with van der Waals surface area (Å²) in [4.78, 5) is 20.4. The van der Waals surface area contributed by atoms with Crippen LogP contribution in [0.4, 0.5) is 0 Å². The van der Waals surface area contributed by atoms with E-state index in [2.05, 4.69) is 51.1 Å². The largest absolute Gasteiger partial charge is 0.354 e. The van der Waals surface area contributed by atoms with Crippen molar-refractivity contribution in [1.29, 1.82) is 0 Å². The third kappa shape index (κ3) is 6.04. The van der Waals surface area contributed by atoms with E-state index < -0.39 is 16.1 Å². The Balaban J connectivity index is 1.39. The van der Waals surface area contributed by atoms with Crippen molar-refractivity contribution in [1.82, 2.24) is 14.9 Å². The van der Waals surface area contributed by atoms with Crippen molar-refractivity contribution >= 4 is 21.8 Å². The molecule has 2 unspecified atom stereocenters. The first-order valence-electron chi connectivity index (χ1n) is 12.2. The number of carbonyl (C=O) groups is 1. The zero-order valence-electron chi connectivity index (χ0n) is 19.7. The lowest BCUT2D eigenvalue weighted by molar-refractivity contribution is -0.122. The first-order valence-corrected chi connectivity index (χ1v) is 13.7. The SMILES string of the molecule is CCCCC(N=C1NS(=O)(=O)c2ccccc21)C(=O)NCC1CCCN(Cc2ccccc2)C1. The van der Waals surface area contributed by atoms with Crippen LogP contribution in [0, 0.1) is 5.92 Å². The van der Waals surface area contributed by atoms with E-state index in [0.29, 0.717) is 24.4 Å². The van der Waals surface area contributed by atoms with Crippen LogP contribution in [0.5, 0.6) is 0 Å². The average molecular weight is 483 g/mol. The molecule has 7 nitrogen and oxygen atoms in total. The molecule has 2 aromatic rings. The van der Waals surface area contributed by atoms with E-state index >= 15 is 0 Å². The minimum atomic E-state index is -3.63. The van der Waals surface area contributed by atoms with E-state index in [1.165, 1.54) is 5.56 Å². The van der Waals surface area contributed by atoms with Crippen LogP contribution in [0.25, 0.3) is 0 Å². The second kappa shape index (κ2) is 11.1. The van der Waals surface area contributed by atoms with Gasteiger partial charge in [0.05, 0.1) is 4.90 Å². The number of rotatable bonds is 9. The van der Waals surface area contributed by atoms with Gasteiger partial charge in [-0.3, -0.25) is 19.4 Å². The number of unbranched alkanes of at least 4 members (excludes halogenated alkanes) is 1. The molecule has 182 valence electrons. The van der Waals surface area contributed by atoms with Gasteiger partial charge in [-0.15, -0.1) is 0 Å². The summed E-state index contributed by atoms with van der Waals surface area (Å²) in [6, 6.07) is 16.6. The molecule has 1 amide bonds. The quantitative estimate of drug-likeness (QED) is 0.574. The number of fused-ring (bicyclic) bond motifs is 1. The number of nitrogens with one attached hydrogen (secondary N) is 2. The number of piperidine rings is 1. The Morgan fingerprint density at radius 2 is 1.94 bits per heavy atom. The maximum atomic E-state index is 13.1. The standard InChI is InChI=1S/C26H34N4O3S/c1-2-3-14-23(28-25-22-13-7-8-15-24(22)34(32,33)29-25)26(31)27-17-21-12-9-16-30(19-21)18-20-10-5-4-6-11-20/h4-8,10-11,13,15,21,23H,2-3,9,12,14,16-19H2,1H3,(H,27,31)(H,28,29). The summed E-state index contributed by atoms with van der Waals surface area (Å²) in [6.07, 6.45) is 4.58. The van der Waals surface area contributed by atoms with Gasteiger partial charge in [0, 0.05) is 25.2 Å². The Morgan fingerprint density at radius 1 is 1.18 bits per heavy atom. The highest BCUT2D eigenvalue weighted by molar-refractivity contribution is 7.90. The van der Waals surface area contributed by atoms with Gasteiger partial charge in [0.15, 0.2) is 0 Å². The monoisotopic (exact) mass is 482 g/mol. The van der Waals surface area contributed by atoms with E-state index in [1.807, 2.05) is 6.07 Å². The molecule has 1 fully saturated rings. The van der Waals surface area contributed by atoms with Crippen molar-refractivity contribution in [2.24, 2.45) is 10.9 Å². The molecule has 2 atom stereocenters. The molecule has 0 aliphatic carbocycles. The number of hydrogen-bond acceptors (Lipinski definition) is 5. The lowest BCUT2D eigenvalue weighted by atomic mass is 9.97. The van der Waals surface area contributed by atoms with E-state index in [-0.39, 0.29) is 16.6 Å². The highest BCUT2D eigenvalue weighted by atomic mass is 32.2. The second-order valence-electron chi connectivity index (χ2n) is 9.21. The minimum absolute atomic E-state index is 0.135. The first kappa shape index (κ1) is 24.4. The zero-order valence-corrected chi connectivity index (χ0v) is 20.6. The summed E-state index contributed by atoms with van der Waals surface area (Å²) in [5.41, 5.74) is 1.84. The van der Waals surface area contributed by atoms with Crippen LogP contribution in [-0.4, -0.2) is 50.7 Å². The molecule has 8 heteroatoms. The van der Waals surface area contributed by atoms with E-state index in [9.17, 15) is 13.2 Å². The topological polar surface area (TPSA) is 90.9 Å². The molecule has 0 aromatic heterocycles. The number of nitrogens with zero attached hydrogens (tertiary/aromatic N) is 2. The zero-order chi connectivity index (χ0) is 24.0. The Kier molecular flexibility index (Phi) is 8.00. The maximum Gasteiger partial charge on any atom is 0.263 e. The van der Waals surface area contributed by atoms with Crippen LogP contribution < -0.4 is 10.0 Å². The van der Waals surface area contributed by atoms with Crippen LogP contribution in [0.3, 0.4) is 0 Å². The highest BCUT2D eigenvalue weighted by Crippen LogP contribution is 2.23. The molecule has 0 spiro atoms. The Bertz CT molecular complexity index is 1120. The van der Waals surface area contributed by atoms with Gasteiger partial charge in [-0.2, -0.15) is 0 Å². The molecule has 0 bridgehead atoms. The summed E-state index contributed by atoms with van der Waals surface area (Å²) < 4.78 is 27.4. The van der Waals surface area contributed by atoms with Gasteiger partial charge < -0.3 is 5.32 Å². The van der Waals surface area contributed by atoms with Gasteiger partial charge in [-0.25, -0.2) is 8.42 Å². The number of amidine groups is 1. The molecule has 0 radical (unpaired) electrons. The molecular formula is C26H34N4O3S. The van der Waals surface area contributed by atoms with Crippen LogP contribution in [0.1, 0.15) is 50.2 Å². The molecule has 1 saturated heterocycles. The Hall–Kier alpha value is -2.71. The van der Waals surface area contributed by atoms with Crippen molar-refractivity contribution in [2.45, 2.75) is 56.5 Å². The highest BCUT2D eigenvalue weighted by Gasteiger charge is 2.32. The molecular weight excluding hydrogens is 448 g/mol. The van der Waals surface area contributed by atoms with Gasteiger partial charge >= 0.3 is 0 Å². The van der Waals surface area contributed by atoms with E-state index in [4.69, 9.17) is 0 Å². The number of benzene rings is 2. The third-order valence-electron chi connectivity index (χ3n) is 6.50. The number of hydrogen-bond donors (Lipinski definition) is 2. The van der Waals surface area contributed by atoms with Crippen molar-refractivity contribution in [3.63, 3.8) is 0 Å². The van der Waals surface area contributed by atoms with Crippen molar-refractivity contribution in [3.8, 4) is 0 Å². The molecule has 2 aromatic carbocycles. The lowest BCUT2D eigenvalue weighted by Gasteiger charge is -2.33. The van der Waals surface area contributed by atoms with E-state index in [1.54, 1.807) is 24.3 Å². The normalized spacial score (nSPS) is 21.6. The number of likely N-dealkylation sites (tertiary alicyclic amines) is 1. The second-order valence-corrected chi connectivity index (χ2v) is 10.9. The fourth-order valence-corrected chi connectivity index (χ4v) is 5.94. The number of amides is 1. The molecule has 34 heavy (non-hydrogen) atoms. The molecule has 4 rings (SSSR count). The van der Waals surface area contributed by atoms with Gasteiger partial charge in [0.2, 0.25) is 5.91 Å². The smallest absolute Gasteiger partial charge is 0.263 e. The van der Waals surface area contributed by atoms with Crippen molar-refractivity contribution < 1.29 is 13.2 Å². The van der Waals surface area contributed by atoms with Crippen molar-refractivity contribution in [2.75, 3.05) is 19.6 Å². The third-order valence-corrected chi connectivity index (χ3v) is 7.90. The molecule has 2 aliphatic heterocycles. The lowest BCUT2D eigenvalue weighted by Crippen LogP contribution is -2.43. The van der Waals surface area contributed by atoms with E-state index in [0.717, 1.165) is 45.3 Å². The average Bonchev–Trinajstić information content (AvgIpc) is 3.11. The predicted octanol–water partition coefficient (Wildman–Crippen LogP) is 3.31. The Morgan fingerprint density at radius 3 is 2.74 bits per heavy atom. The summed E-state index contributed by atoms with van der Waals surface area (Å²) in [7, 11) is -3.63. The minimum Gasteiger partial charge on any atom is -0.354 e. The molecule has 0 saturated carbocycles. The van der Waals surface area contributed by atoms with Gasteiger partial charge in [-0.1, -0.05) is 62.2 Å². The first-order chi connectivity index (χ1) is 16.5.